The Morgan fingerprint density at radius 3 is 2.36 bits per heavy atom. The summed E-state index contributed by atoms with van der Waals surface area (Å²) < 4.78 is 53.8. The highest BCUT2D eigenvalue weighted by molar-refractivity contribution is 7.07. The topological polar surface area (TPSA) is 123 Å². The molecule has 0 atom stereocenters. The number of hydrogen-bond donors (Lipinski definition) is 3. The molecule has 1 heterocycles. The third-order valence-electron chi connectivity index (χ3n) is 5.26. The van der Waals surface area contributed by atoms with Crippen LogP contribution in [0.15, 0.2) is 52.8 Å². The first-order valence-corrected chi connectivity index (χ1v) is 12.5. The van der Waals surface area contributed by atoms with Gasteiger partial charge in [-0.25, -0.2) is 4.79 Å². The van der Waals surface area contributed by atoms with Crippen LogP contribution < -0.4 is 29.6 Å². The molecule has 0 unspecified atom stereocenters. The molecule has 0 aliphatic heterocycles. The number of thiazole rings is 1. The van der Waals surface area contributed by atoms with E-state index < -0.39 is 18.3 Å². The van der Waals surface area contributed by atoms with Gasteiger partial charge in [0.1, 0.15) is 17.2 Å². The van der Waals surface area contributed by atoms with Crippen molar-refractivity contribution in [3.05, 3.63) is 58.2 Å². The number of alkyl halides is 3. The van der Waals surface area contributed by atoms with Gasteiger partial charge in [0.25, 0.3) is 5.91 Å². The zero-order valence-corrected chi connectivity index (χ0v) is 21.9. The fraction of sp³-hybridized carbons (Fsp3) is 0.320. The second-order valence-electron chi connectivity index (χ2n) is 7.87. The van der Waals surface area contributed by atoms with Crippen LogP contribution in [0.5, 0.6) is 17.2 Å². The van der Waals surface area contributed by atoms with Crippen molar-refractivity contribution < 1.29 is 42.1 Å². The Kier molecular flexibility index (Phi) is 10.3. The van der Waals surface area contributed by atoms with Gasteiger partial charge in [0.2, 0.25) is 0 Å². The largest absolute Gasteiger partial charge is 0.573 e. The van der Waals surface area contributed by atoms with E-state index in [4.69, 9.17) is 14.6 Å². The molecule has 3 rings (SSSR count). The first-order valence-electron chi connectivity index (χ1n) is 11.6. The molecule has 0 aliphatic rings. The number of aliphatic hydroxyl groups is 1. The summed E-state index contributed by atoms with van der Waals surface area (Å²) in [4.78, 5) is 29.5. The zero-order chi connectivity index (χ0) is 28.4. The number of benzene rings is 2. The molecular weight excluding hydrogens is 541 g/mol. The van der Waals surface area contributed by atoms with Crippen molar-refractivity contribution in [3.63, 3.8) is 0 Å². The molecular formula is C25H27F3N4O6S. The molecule has 0 spiro atoms. The third-order valence-corrected chi connectivity index (χ3v) is 6.12. The molecule has 0 saturated heterocycles. The van der Waals surface area contributed by atoms with Gasteiger partial charge in [0.05, 0.1) is 32.1 Å². The van der Waals surface area contributed by atoms with E-state index in [0.29, 0.717) is 34.8 Å². The van der Waals surface area contributed by atoms with Crippen LogP contribution in [0.3, 0.4) is 0 Å². The van der Waals surface area contributed by atoms with Crippen LogP contribution in [0, 0.1) is 0 Å². The van der Waals surface area contributed by atoms with Gasteiger partial charge in [-0.3, -0.25) is 4.79 Å². The normalized spacial score (nSPS) is 11.7. The second kappa shape index (κ2) is 13.7. The van der Waals surface area contributed by atoms with Crippen LogP contribution in [-0.4, -0.2) is 61.9 Å². The Labute approximate surface area is 225 Å². The Hall–Kier alpha value is -4.04. The number of methoxy groups -OCH3 is 2. The van der Waals surface area contributed by atoms with E-state index >= 15 is 0 Å². The molecule has 0 radical (unpaired) electrons. The third kappa shape index (κ3) is 8.48. The summed E-state index contributed by atoms with van der Waals surface area (Å²) in [6.07, 6.45) is -4.37. The fourth-order valence-corrected chi connectivity index (χ4v) is 4.42. The van der Waals surface area contributed by atoms with Crippen LogP contribution >= 0.6 is 11.3 Å². The molecule has 1 aromatic heterocycles. The lowest BCUT2D eigenvalue weighted by Crippen LogP contribution is -2.37. The van der Waals surface area contributed by atoms with E-state index in [1.54, 1.807) is 22.1 Å². The number of urea groups is 1. The molecule has 14 heteroatoms. The first kappa shape index (κ1) is 29.5. The lowest BCUT2D eigenvalue weighted by atomic mass is 10.1. The van der Waals surface area contributed by atoms with Crippen molar-refractivity contribution in [2.75, 3.05) is 33.9 Å². The average Bonchev–Trinajstić information content (AvgIpc) is 3.30. The van der Waals surface area contributed by atoms with Gasteiger partial charge >= 0.3 is 12.4 Å². The van der Waals surface area contributed by atoms with Gasteiger partial charge in [-0.1, -0.05) is 0 Å². The number of carbonyl (C=O) groups is 2. The number of nitrogens with zero attached hydrogens (tertiary/aromatic N) is 2. The van der Waals surface area contributed by atoms with Gasteiger partial charge in [-0.05, 0) is 48.4 Å². The second-order valence-corrected chi connectivity index (χ2v) is 8.71. The standard InChI is InChI=1S/C25H27F3N4O6S/c1-36-18-8-9-19(21(14-18)37-2)22(34)31-24-32(12-3-10-29-23(35)30-11-13-33)20(15-39-24)16-4-6-17(7-5-16)38-25(26,27)28/h4-9,14-15,33H,3,10-13H2,1-2H3,(H2,29,30,35)/b31-24-. The van der Waals surface area contributed by atoms with E-state index in [1.165, 1.54) is 55.9 Å². The molecule has 3 amide bonds. The number of aliphatic hydroxyl groups excluding tert-OH is 1. The lowest BCUT2D eigenvalue weighted by Gasteiger charge is -2.12. The first-order chi connectivity index (χ1) is 18.6. The summed E-state index contributed by atoms with van der Waals surface area (Å²) in [6, 6.07) is 9.61. The van der Waals surface area contributed by atoms with Crippen molar-refractivity contribution in [2.45, 2.75) is 19.3 Å². The molecule has 0 bridgehead atoms. The molecule has 3 N–H and O–H groups in total. The minimum Gasteiger partial charge on any atom is -0.497 e. The maximum Gasteiger partial charge on any atom is 0.573 e. The minimum atomic E-state index is -4.81. The quantitative estimate of drug-likeness (QED) is 0.304. The summed E-state index contributed by atoms with van der Waals surface area (Å²) >= 11 is 1.18. The molecule has 2 aromatic carbocycles. The number of ether oxygens (including phenoxy) is 3. The van der Waals surface area contributed by atoms with Crippen molar-refractivity contribution >= 4 is 23.3 Å². The minimum absolute atomic E-state index is 0.114. The highest BCUT2D eigenvalue weighted by Crippen LogP contribution is 2.28. The van der Waals surface area contributed by atoms with E-state index in [9.17, 15) is 22.8 Å². The van der Waals surface area contributed by atoms with Crippen LogP contribution in [0.2, 0.25) is 0 Å². The summed E-state index contributed by atoms with van der Waals surface area (Å²) in [5.74, 6) is -0.139. The van der Waals surface area contributed by atoms with Crippen molar-refractivity contribution in [2.24, 2.45) is 4.99 Å². The Morgan fingerprint density at radius 1 is 1.03 bits per heavy atom. The fourth-order valence-electron chi connectivity index (χ4n) is 3.49. The number of rotatable bonds is 11. The lowest BCUT2D eigenvalue weighted by molar-refractivity contribution is -0.274. The monoisotopic (exact) mass is 568 g/mol. The van der Waals surface area contributed by atoms with Gasteiger partial charge in [-0.2, -0.15) is 4.99 Å². The van der Waals surface area contributed by atoms with Crippen molar-refractivity contribution in [1.29, 1.82) is 0 Å². The predicted octanol–water partition coefficient (Wildman–Crippen LogP) is 3.56. The molecule has 0 saturated carbocycles. The van der Waals surface area contributed by atoms with Gasteiger partial charge < -0.3 is 34.5 Å². The van der Waals surface area contributed by atoms with Crippen LogP contribution in [0.4, 0.5) is 18.0 Å². The Bertz CT molecular complexity index is 1340. The smallest absolute Gasteiger partial charge is 0.497 e. The van der Waals surface area contributed by atoms with Gasteiger partial charge in [-0.15, -0.1) is 24.5 Å². The molecule has 0 fully saturated rings. The van der Waals surface area contributed by atoms with E-state index in [0.717, 1.165) is 0 Å². The Morgan fingerprint density at radius 2 is 1.72 bits per heavy atom. The zero-order valence-electron chi connectivity index (χ0n) is 21.1. The molecule has 39 heavy (non-hydrogen) atoms. The van der Waals surface area contributed by atoms with Crippen LogP contribution in [0.1, 0.15) is 16.8 Å². The molecule has 210 valence electrons. The maximum absolute atomic E-state index is 13.1. The number of carbonyl (C=O) groups excluding carboxylic acids is 2. The SMILES string of the molecule is COc1ccc(C(=O)/N=c2\scc(-c3ccc(OC(F)(F)F)cc3)n2CCCNC(=O)NCCO)c(OC)c1. The molecule has 10 nitrogen and oxygen atoms in total. The highest BCUT2D eigenvalue weighted by atomic mass is 32.1. The van der Waals surface area contributed by atoms with E-state index in [-0.39, 0.29) is 36.8 Å². The van der Waals surface area contributed by atoms with Crippen LogP contribution in [0.25, 0.3) is 11.3 Å². The number of aromatic nitrogens is 1. The summed E-state index contributed by atoms with van der Waals surface area (Å²) in [5.41, 5.74) is 1.40. The molecule has 0 aliphatic carbocycles. The average molecular weight is 569 g/mol. The van der Waals surface area contributed by atoms with E-state index in [1.807, 2.05) is 0 Å². The predicted molar refractivity (Wildman–Crippen MR) is 137 cm³/mol. The summed E-state index contributed by atoms with van der Waals surface area (Å²) in [5, 5.41) is 15.7. The summed E-state index contributed by atoms with van der Waals surface area (Å²) in [6.45, 7) is 0.527. The number of amides is 3. The van der Waals surface area contributed by atoms with Crippen molar-refractivity contribution in [3.8, 4) is 28.5 Å². The number of hydrogen-bond acceptors (Lipinski definition) is 7. The van der Waals surface area contributed by atoms with Gasteiger partial charge in [0, 0.05) is 31.1 Å². The highest BCUT2D eigenvalue weighted by Gasteiger charge is 2.31. The molecule has 3 aromatic rings. The summed E-state index contributed by atoms with van der Waals surface area (Å²) in [7, 11) is 2.91. The van der Waals surface area contributed by atoms with Gasteiger partial charge in [0.15, 0.2) is 4.80 Å². The van der Waals surface area contributed by atoms with Crippen molar-refractivity contribution in [1.82, 2.24) is 15.2 Å². The van der Waals surface area contributed by atoms with E-state index in [2.05, 4.69) is 20.4 Å². The number of halogens is 3. The number of nitrogens with one attached hydrogen (secondary N) is 2. The maximum atomic E-state index is 13.1. The Balaban J connectivity index is 1.91. The van der Waals surface area contributed by atoms with Crippen LogP contribution in [-0.2, 0) is 6.54 Å².